The van der Waals surface area contributed by atoms with E-state index in [4.69, 9.17) is 5.26 Å². The zero-order chi connectivity index (χ0) is 15.5. The Labute approximate surface area is 125 Å². The smallest absolute Gasteiger partial charge is 0.260 e. The lowest BCUT2D eigenvalue weighted by atomic mass is 9.89. The Morgan fingerprint density at radius 1 is 1.24 bits per heavy atom. The van der Waals surface area contributed by atoms with Crippen molar-refractivity contribution >= 4 is 11.8 Å². The summed E-state index contributed by atoms with van der Waals surface area (Å²) in [6, 6.07) is 9.53. The molecule has 1 aromatic carbocycles. The summed E-state index contributed by atoms with van der Waals surface area (Å²) in [5, 5.41) is 8.97. The minimum absolute atomic E-state index is 0.127. The molecule has 0 bridgehead atoms. The van der Waals surface area contributed by atoms with Crippen molar-refractivity contribution in [2.75, 3.05) is 6.54 Å². The molecule has 1 heterocycles. The van der Waals surface area contributed by atoms with Crippen molar-refractivity contribution in [1.82, 2.24) is 4.90 Å². The maximum absolute atomic E-state index is 12.3. The number of carbonyl (C=O) groups excluding carboxylic acids is 2. The molecule has 1 aliphatic rings. The molecule has 0 fully saturated rings. The Morgan fingerprint density at radius 2 is 1.95 bits per heavy atom. The minimum Gasteiger partial charge on any atom is -0.278 e. The van der Waals surface area contributed by atoms with Crippen LogP contribution in [0.1, 0.15) is 49.0 Å². The molecule has 0 unspecified atom stereocenters. The van der Waals surface area contributed by atoms with Crippen LogP contribution in [0.25, 0.3) is 0 Å². The summed E-state index contributed by atoms with van der Waals surface area (Å²) >= 11 is 0. The molecule has 2 rings (SSSR count). The molecule has 2 amide bonds. The molecular formula is C17H20N2O2. The van der Waals surface area contributed by atoms with Crippen LogP contribution >= 0.6 is 0 Å². The van der Waals surface area contributed by atoms with Crippen LogP contribution in [-0.2, 0) is 11.2 Å². The van der Waals surface area contributed by atoms with Crippen molar-refractivity contribution in [3.05, 3.63) is 35.4 Å². The molecular weight excluding hydrogens is 264 g/mol. The number of hydrogen-bond acceptors (Lipinski definition) is 3. The molecule has 1 aliphatic heterocycles. The standard InChI is InChI=1S/C17H20N2O2/c1-17(2,12-18)9-5-6-10-19-15(20)11-13-7-3-4-8-14(13)16(19)21/h3-4,7-8H,5-6,9-11H2,1-2H3. The number of benzene rings is 1. The van der Waals surface area contributed by atoms with Gasteiger partial charge in [-0.1, -0.05) is 24.6 Å². The molecule has 0 saturated carbocycles. The first kappa shape index (κ1) is 15.2. The van der Waals surface area contributed by atoms with Crippen LogP contribution < -0.4 is 0 Å². The molecule has 4 nitrogen and oxygen atoms in total. The van der Waals surface area contributed by atoms with Gasteiger partial charge in [-0.3, -0.25) is 14.5 Å². The van der Waals surface area contributed by atoms with E-state index in [9.17, 15) is 9.59 Å². The SMILES string of the molecule is CC(C)(C#N)CCCCN1C(=O)Cc2ccccc2C1=O. The van der Waals surface area contributed by atoms with E-state index in [0.717, 1.165) is 24.8 Å². The summed E-state index contributed by atoms with van der Waals surface area (Å²) in [4.78, 5) is 25.7. The van der Waals surface area contributed by atoms with Crippen LogP contribution in [0.3, 0.4) is 0 Å². The van der Waals surface area contributed by atoms with Crippen LogP contribution in [0.15, 0.2) is 24.3 Å². The number of nitriles is 1. The van der Waals surface area contributed by atoms with Gasteiger partial charge in [0.15, 0.2) is 0 Å². The van der Waals surface area contributed by atoms with Crippen LogP contribution in [0.2, 0.25) is 0 Å². The highest BCUT2D eigenvalue weighted by Gasteiger charge is 2.30. The van der Waals surface area contributed by atoms with Crippen molar-refractivity contribution < 1.29 is 9.59 Å². The zero-order valence-electron chi connectivity index (χ0n) is 12.6. The highest BCUT2D eigenvalue weighted by molar-refractivity contribution is 6.09. The second-order valence-electron chi connectivity index (χ2n) is 6.14. The van der Waals surface area contributed by atoms with E-state index in [2.05, 4.69) is 6.07 Å². The average Bonchev–Trinajstić information content (AvgIpc) is 2.46. The number of hydrogen-bond donors (Lipinski definition) is 0. The number of rotatable bonds is 5. The van der Waals surface area contributed by atoms with E-state index >= 15 is 0 Å². The molecule has 0 spiro atoms. The second-order valence-corrected chi connectivity index (χ2v) is 6.14. The van der Waals surface area contributed by atoms with E-state index < -0.39 is 0 Å². The van der Waals surface area contributed by atoms with Crippen LogP contribution in [0, 0.1) is 16.7 Å². The van der Waals surface area contributed by atoms with E-state index in [-0.39, 0.29) is 17.2 Å². The Bertz CT molecular complexity index is 599. The lowest BCUT2D eigenvalue weighted by Crippen LogP contribution is -2.42. The molecule has 1 aromatic rings. The molecule has 0 aliphatic carbocycles. The summed E-state index contributed by atoms with van der Waals surface area (Å²) < 4.78 is 0. The van der Waals surface area contributed by atoms with E-state index in [0.29, 0.717) is 18.5 Å². The normalized spacial score (nSPS) is 14.8. The van der Waals surface area contributed by atoms with Crippen LogP contribution in [0.4, 0.5) is 0 Å². The zero-order valence-corrected chi connectivity index (χ0v) is 12.6. The average molecular weight is 284 g/mol. The third-order valence-corrected chi connectivity index (χ3v) is 3.87. The van der Waals surface area contributed by atoms with E-state index in [1.165, 1.54) is 4.90 Å². The first-order valence-corrected chi connectivity index (χ1v) is 7.28. The molecule has 0 N–H and O–H groups in total. The van der Waals surface area contributed by atoms with Gasteiger partial charge in [0.2, 0.25) is 5.91 Å². The van der Waals surface area contributed by atoms with Crippen LogP contribution in [0.5, 0.6) is 0 Å². The van der Waals surface area contributed by atoms with Gasteiger partial charge < -0.3 is 0 Å². The molecule has 0 aromatic heterocycles. The number of carbonyl (C=O) groups is 2. The van der Waals surface area contributed by atoms with Crippen molar-refractivity contribution in [3.63, 3.8) is 0 Å². The molecule has 4 heteroatoms. The first-order chi connectivity index (χ1) is 9.94. The van der Waals surface area contributed by atoms with Crippen molar-refractivity contribution in [3.8, 4) is 6.07 Å². The van der Waals surface area contributed by atoms with Gasteiger partial charge in [0.05, 0.1) is 17.9 Å². The summed E-state index contributed by atoms with van der Waals surface area (Å²) in [5.74, 6) is -0.320. The first-order valence-electron chi connectivity index (χ1n) is 7.28. The minimum atomic E-state index is -0.345. The third-order valence-electron chi connectivity index (χ3n) is 3.87. The number of fused-ring (bicyclic) bond motifs is 1. The third kappa shape index (κ3) is 3.49. The lowest BCUT2D eigenvalue weighted by molar-refractivity contribution is -0.128. The summed E-state index contributed by atoms with van der Waals surface area (Å²) in [5.41, 5.74) is 1.10. The van der Waals surface area contributed by atoms with Crippen molar-refractivity contribution in [1.29, 1.82) is 5.26 Å². The van der Waals surface area contributed by atoms with Gasteiger partial charge in [-0.25, -0.2) is 0 Å². The second kappa shape index (κ2) is 6.09. The Balaban J connectivity index is 1.95. The summed E-state index contributed by atoms with van der Waals surface area (Å²) in [7, 11) is 0. The van der Waals surface area contributed by atoms with Gasteiger partial charge >= 0.3 is 0 Å². The van der Waals surface area contributed by atoms with Gasteiger partial charge in [-0.05, 0) is 38.3 Å². The Kier molecular flexibility index (Phi) is 4.42. The monoisotopic (exact) mass is 284 g/mol. The number of nitrogens with zero attached hydrogens (tertiary/aromatic N) is 2. The van der Waals surface area contributed by atoms with Crippen molar-refractivity contribution in [2.45, 2.75) is 39.5 Å². The van der Waals surface area contributed by atoms with Crippen LogP contribution in [-0.4, -0.2) is 23.3 Å². The molecule has 0 atom stereocenters. The van der Waals surface area contributed by atoms with Crippen molar-refractivity contribution in [2.24, 2.45) is 5.41 Å². The molecule has 21 heavy (non-hydrogen) atoms. The van der Waals surface area contributed by atoms with Gasteiger partial charge in [-0.2, -0.15) is 5.26 Å². The maximum Gasteiger partial charge on any atom is 0.260 e. The van der Waals surface area contributed by atoms with Gasteiger partial charge in [0.25, 0.3) is 5.91 Å². The number of imide groups is 1. The Morgan fingerprint density at radius 3 is 2.67 bits per heavy atom. The number of unbranched alkanes of at least 4 members (excludes halogenated alkanes) is 1. The predicted molar refractivity (Wildman–Crippen MR) is 79.4 cm³/mol. The topological polar surface area (TPSA) is 61.2 Å². The lowest BCUT2D eigenvalue weighted by Gasteiger charge is -2.27. The van der Waals surface area contributed by atoms with Gasteiger partial charge in [0, 0.05) is 12.1 Å². The highest BCUT2D eigenvalue weighted by atomic mass is 16.2. The fourth-order valence-corrected chi connectivity index (χ4v) is 2.52. The van der Waals surface area contributed by atoms with Gasteiger partial charge in [-0.15, -0.1) is 0 Å². The summed E-state index contributed by atoms with van der Waals surface area (Å²) in [6.45, 7) is 4.24. The molecule has 110 valence electrons. The van der Waals surface area contributed by atoms with E-state index in [1.807, 2.05) is 32.0 Å². The largest absolute Gasteiger partial charge is 0.278 e. The summed E-state index contributed by atoms with van der Waals surface area (Å²) in [6.07, 6.45) is 2.64. The quantitative estimate of drug-likeness (QED) is 0.617. The fraction of sp³-hybridized carbons (Fsp3) is 0.471. The Hall–Kier alpha value is -2.15. The predicted octanol–water partition coefficient (Wildman–Crippen LogP) is 2.93. The number of amides is 2. The molecule has 0 radical (unpaired) electrons. The molecule has 0 saturated heterocycles. The van der Waals surface area contributed by atoms with Gasteiger partial charge in [0.1, 0.15) is 0 Å². The van der Waals surface area contributed by atoms with E-state index in [1.54, 1.807) is 6.07 Å². The maximum atomic E-state index is 12.3. The highest BCUT2D eigenvalue weighted by Crippen LogP contribution is 2.23. The fourth-order valence-electron chi connectivity index (χ4n) is 2.52.